The number of carbonyl (C=O) groups is 1. The zero-order chi connectivity index (χ0) is 12.0. The van der Waals surface area contributed by atoms with Crippen molar-refractivity contribution in [2.45, 2.75) is 19.4 Å². The Kier molecular flexibility index (Phi) is 5.08. The fourth-order valence-corrected chi connectivity index (χ4v) is 1.48. The highest BCUT2D eigenvalue weighted by atomic mass is 35.5. The van der Waals surface area contributed by atoms with Crippen LogP contribution in [0, 0.1) is 0 Å². The van der Waals surface area contributed by atoms with Gasteiger partial charge < -0.3 is 15.5 Å². The number of aromatic hydroxyl groups is 1. The van der Waals surface area contributed by atoms with E-state index >= 15 is 0 Å². The number of nitrogens with one attached hydrogen (secondary N) is 1. The summed E-state index contributed by atoms with van der Waals surface area (Å²) in [7, 11) is 0. The molecule has 0 spiro atoms. The molecule has 3 N–H and O–H groups in total. The quantitative estimate of drug-likeness (QED) is 0.669. The first-order valence-electron chi connectivity index (χ1n) is 4.99. The predicted molar refractivity (Wildman–Crippen MR) is 61.7 cm³/mol. The first kappa shape index (κ1) is 12.8. The molecular formula is C11H14ClNO3. The third-order valence-corrected chi connectivity index (χ3v) is 2.34. The zero-order valence-electron chi connectivity index (χ0n) is 8.74. The van der Waals surface area contributed by atoms with Crippen LogP contribution in [0.5, 0.6) is 5.75 Å². The lowest BCUT2D eigenvalue weighted by atomic mass is 10.2. The van der Waals surface area contributed by atoms with Crippen molar-refractivity contribution in [1.29, 1.82) is 0 Å². The van der Waals surface area contributed by atoms with Crippen molar-refractivity contribution in [2.24, 2.45) is 0 Å². The number of benzene rings is 1. The first-order valence-corrected chi connectivity index (χ1v) is 5.37. The second-order valence-electron chi connectivity index (χ2n) is 3.45. The average molecular weight is 244 g/mol. The molecule has 5 heteroatoms. The van der Waals surface area contributed by atoms with E-state index in [1.807, 2.05) is 0 Å². The Hall–Kier alpha value is -1.26. The summed E-state index contributed by atoms with van der Waals surface area (Å²) in [5.41, 5.74) is 0.711. The highest BCUT2D eigenvalue weighted by Crippen LogP contribution is 2.20. The molecule has 0 atom stereocenters. The van der Waals surface area contributed by atoms with E-state index < -0.39 is 5.97 Å². The van der Waals surface area contributed by atoms with E-state index in [1.54, 1.807) is 12.1 Å². The van der Waals surface area contributed by atoms with E-state index in [0.717, 1.165) is 0 Å². The summed E-state index contributed by atoms with van der Waals surface area (Å²) in [5.74, 6) is -0.609. The van der Waals surface area contributed by atoms with Crippen molar-refractivity contribution in [3.8, 4) is 5.75 Å². The number of rotatable bonds is 6. The number of hydrogen-bond acceptors (Lipinski definition) is 3. The molecule has 0 aromatic heterocycles. The molecule has 0 aliphatic heterocycles. The maximum absolute atomic E-state index is 10.2. The second kappa shape index (κ2) is 6.35. The lowest BCUT2D eigenvalue weighted by Gasteiger charge is -2.06. The van der Waals surface area contributed by atoms with Crippen LogP contribution in [0.25, 0.3) is 0 Å². The lowest BCUT2D eigenvalue weighted by molar-refractivity contribution is -0.137. The van der Waals surface area contributed by atoms with Crippen LogP contribution in [-0.4, -0.2) is 22.7 Å². The minimum absolute atomic E-state index is 0.147. The van der Waals surface area contributed by atoms with Gasteiger partial charge in [0.1, 0.15) is 5.75 Å². The molecule has 0 amide bonds. The van der Waals surface area contributed by atoms with E-state index in [-0.39, 0.29) is 12.2 Å². The second-order valence-corrected chi connectivity index (χ2v) is 3.88. The van der Waals surface area contributed by atoms with Gasteiger partial charge in [-0.15, -0.1) is 0 Å². The van der Waals surface area contributed by atoms with Crippen LogP contribution in [0.4, 0.5) is 0 Å². The van der Waals surface area contributed by atoms with Crippen LogP contribution in [0.3, 0.4) is 0 Å². The smallest absolute Gasteiger partial charge is 0.303 e. The zero-order valence-corrected chi connectivity index (χ0v) is 9.50. The molecule has 0 unspecified atom stereocenters. The summed E-state index contributed by atoms with van der Waals surface area (Å²) < 4.78 is 0. The van der Waals surface area contributed by atoms with E-state index in [0.29, 0.717) is 30.1 Å². The van der Waals surface area contributed by atoms with Crippen LogP contribution in [-0.2, 0) is 11.3 Å². The van der Waals surface area contributed by atoms with Gasteiger partial charge in [-0.1, -0.05) is 11.6 Å². The minimum atomic E-state index is -0.799. The average Bonchev–Trinajstić information content (AvgIpc) is 2.22. The van der Waals surface area contributed by atoms with E-state index in [1.165, 1.54) is 6.07 Å². The van der Waals surface area contributed by atoms with Gasteiger partial charge in [0.2, 0.25) is 0 Å². The molecule has 88 valence electrons. The maximum atomic E-state index is 10.2. The molecule has 4 nitrogen and oxygen atoms in total. The van der Waals surface area contributed by atoms with Crippen molar-refractivity contribution in [3.05, 3.63) is 28.8 Å². The van der Waals surface area contributed by atoms with Crippen molar-refractivity contribution in [1.82, 2.24) is 5.32 Å². The normalized spacial score (nSPS) is 10.3. The van der Waals surface area contributed by atoms with Gasteiger partial charge in [0.15, 0.2) is 0 Å². The Morgan fingerprint density at radius 1 is 1.44 bits per heavy atom. The Labute approximate surface area is 98.9 Å². The molecule has 0 saturated heterocycles. The van der Waals surface area contributed by atoms with Crippen molar-refractivity contribution >= 4 is 17.6 Å². The van der Waals surface area contributed by atoms with Gasteiger partial charge in [-0.2, -0.15) is 0 Å². The summed E-state index contributed by atoms with van der Waals surface area (Å²) in [4.78, 5) is 10.2. The Morgan fingerprint density at radius 2 is 2.19 bits per heavy atom. The van der Waals surface area contributed by atoms with Crippen LogP contribution in [0.1, 0.15) is 18.4 Å². The van der Waals surface area contributed by atoms with Crippen LogP contribution in [0.15, 0.2) is 18.2 Å². The van der Waals surface area contributed by atoms with Gasteiger partial charge in [-0.25, -0.2) is 0 Å². The summed E-state index contributed by atoms with van der Waals surface area (Å²) in [6.45, 7) is 1.07. The van der Waals surface area contributed by atoms with E-state index in [2.05, 4.69) is 5.32 Å². The summed E-state index contributed by atoms with van der Waals surface area (Å²) in [6.07, 6.45) is 0.713. The van der Waals surface area contributed by atoms with Gasteiger partial charge >= 0.3 is 5.97 Å². The molecule has 1 rings (SSSR count). The number of carboxylic acid groups (broad SMARTS) is 1. The molecule has 16 heavy (non-hydrogen) atoms. The molecule has 0 fully saturated rings. The molecule has 0 saturated carbocycles. The van der Waals surface area contributed by atoms with Crippen LogP contribution >= 0.6 is 11.6 Å². The third-order valence-electron chi connectivity index (χ3n) is 2.10. The van der Waals surface area contributed by atoms with Crippen molar-refractivity contribution in [3.63, 3.8) is 0 Å². The number of carboxylic acids is 1. The topological polar surface area (TPSA) is 69.6 Å². The number of halogens is 1. The molecule has 0 aliphatic carbocycles. The summed E-state index contributed by atoms with van der Waals surface area (Å²) in [5, 5.41) is 21.5. The molecule has 0 aliphatic rings. The summed E-state index contributed by atoms with van der Waals surface area (Å²) in [6, 6.07) is 4.84. The minimum Gasteiger partial charge on any atom is -0.508 e. The Balaban J connectivity index is 2.31. The van der Waals surface area contributed by atoms with Crippen molar-refractivity contribution in [2.75, 3.05) is 6.54 Å². The molecule has 0 radical (unpaired) electrons. The van der Waals surface area contributed by atoms with E-state index in [9.17, 15) is 9.90 Å². The van der Waals surface area contributed by atoms with Crippen molar-refractivity contribution < 1.29 is 15.0 Å². The largest absolute Gasteiger partial charge is 0.508 e. The van der Waals surface area contributed by atoms with Crippen LogP contribution < -0.4 is 5.32 Å². The predicted octanol–water partition coefficient (Wildman–Crippen LogP) is 2.00. The van der Waals surface area contributed by atoms with Gasteiger partial charge in [0, 0.05) is 23.6 Å². The molecule has 1 aromatic carbocycles. The Bertz CT molecular complexity index is 368. The molecule has 0 bridgehead atoms. The molecular weight excluding hydrogens is 230 g/mol. The highest BCUT2D eigenvalue weighted by Gasteiger charge is 2.02. The lowest BCUT2D eigenvalue weighted by Crippen LogP contribution is -2.15. The number of aliphatic carboxylic acids is 1. The monoisotopic (exact) mass is 243 g/mol. The number of hydrogen-bond donors (Lipinski definition) is 3. The van der Waals surface area contributed by atoms with Gasteiger partial charge in [0.05, 0.1) is 0 Å². The summed E-state index contributed by atoms with van der Waals surface area (Å²) >= 11 is 5.78. The highest BCUT2D eigenvalue weighted by molar-refractivity contribution is 6.30. The SMILES string of the molecule is O=C(O)CCCNCc1cc(Cl)ccc1O. The fraction of sp³-hybridized carbons (Fsp3) is 0.364. The molecule has 0 heterocycles. The molecule has 1 aromatic rings. The fourth-order valence-electron chi connectivity index (χ4n) is 1.28. The van der Waals surface area contributed by atoms with E-state index in [4.69, 9.17) is 16.7 Å². The van der Waals surface area contributed by atoms with Gasteiger partial charge in [0.25, 0.3) is 0 Å². The number of phenolic OH excluding ortho intramolecular Hbond substituents is 1. The first-order chi connectivity index (χ1) is 7.59. The van der Waals surface area contributed by atoms with Gasteiger partial charge in [-0.05, 0) is 31.2 Å². The Morgan fingerprint density at radius 3 is 2.88 bits per heavy atom. The standard InChI is InChI=1S/C11H14ClNO3/c12-9-3-4-10(14)8(6-9)7-13-5-1-2-11(15)16/h3-4,6,13-14H,1-2,5,7H2,(H,15,16). The maximum Gasteiger partial charge on any atom is 0.303 e. The van der Waals surface area contributed by atoms with Gasteiger partial charge in [-0.3, -0.25) is 4.79 Å². The third kappa shape index (κ3) is 4.51. The van der Waals surface area contributed by atoms with Crippen LogP contribution in [0.2, 0.25) is 5.02 Å². The number of phenols is 1.